The van der Waals surface area contributed by atoms with Crippen molar-refractivity contribution in [3.63, 3.8) is 0 Å². The van der Waals surface area contributed by atoms with E-state index >= 15 is 0 Å². The maximum absolute atomic E-state index is 10.5. The number of fused-ring (bicyclic) bond motifs is 5. The third-order valence-electron chi connectivity index (χ3n) is 11.5. The lowest BCUT2D eigenvalue weighted by molar-refractivity contribution is -0.0617. The van der Waals surface area contributed by atoms with E-state index in [4.69, 9.17) is 0 Å². The van der Waals surface area contributed by atoms with E-state index in [0.717, 1.165) is 36.0 Å². The Labute approximate surface area is 193 Å². The molecule has 31 heavy (non-hydrogen) atoms. The van der Waals surface area contributed by atoms with E-state index < -0.39 is 0 Å². The van der Waals surface area contributed by atoms with E-state index in [1.54, 1.807) is 11.1 Å². The summed E-state index contributed by atoms with van der Waals surface area (Å²) >= 11 is 0. The Morgan fingerprint density at radius 1 is 1.03 bits per heavy atom. The minimum absolute atomic E-state index is 0.121. The van der Waals surface area contributed by atoms with Crippen LogP contribution in [0.15, 0.2) is 23.3 Å². The summed E-state index contributed by atoms with van der Waals surface area (Å²) in [6.07, 6.45) is 14.3. The molecule has 4 rings (SSSR count). The van der Waals surface area contributed by atoms with Gasteiger partial charge in [-0.3, -0.25) is 0 Å². The molecule has 0 heterocycles. The fourth-order valence-corrected chi connectivity index (χ4v) is 9.17. The average Bonchev–Trinajstić information content (AvgIpc) is 3.07. The van der Waals surface area contributed by atoms with Crippen LogP contribution in [0.2, 0.25) is 0 Å². The number of hydrogen-bond acceptors (Lipinski definition) is 1. The van der Waals surface area contributed by atoms with Crippen molar-refractivity contribution in [1.29, 1.82) is 0 Å². The highest BCUT2D eigenvalue weighted by molar-refractivity contribution is 5.27. The van der Waals surface area contributed by atoms with Crippen molar-refractivity contribution in [2.45, 2.75) is 106 Å². The predicted octanol–water partition coefficient (Wildman–Crippen LogP) is 8.05. The van der Waals surface area contributed by atoms with E-state index in [9.17, 15) is 5.11 Å². The second kappa shape index (κ2) is 8.34. The normalized spacial score (nSPS) is 47.3. The molecule has 0 aromatic rings. The van der Waals surface area contributed by atoms with Gasteiger partial charge in [0.1, 0.15) is 0 Å². The lowest BCUT2D eigenvalue weighted by atomic mass is 9.46. The quantitative estimate of drug-likeness (QED) is 0.451. The van der Waals surface area contributed by atoms with Crippen LogP contribution in [0.5, 0.6) is 0 Å². The van der Waals surface area contributed by atoms with Crippen LogP contribution in [0.4, 0.5) is 0 Å². The van der Waals surface area contributed by atoms with E-state index in [2.05, 4.69) is 67.5 Å². The molecule has 0 aliphatic heterocycles. The van der Waals surface area contributed by atoms with Gasteiger partial charge >= 0.3 is 0 Å². The highest BCUT2D eigenvalue weighted by atomic mass is 16.3. The van der Waals surface area contributed by atoms with Crippen LogP contribution < -0.4 is 0 Å². The summed E-state index contributed by atoms with van der Waals surface area (Å²) in [6, 6.07) is 0. The van der Waals surface area contributed by atoms with Crippen LogP contribution in [-0.4, -0.2) is 11.2 Å². The maximum Gasteiger partial charge on any atom is 0.0603 e. The Balaban J connectivity index is 1.57. The van der Waals surface area contributed by atoms with Crippen LogP contribution in [0.25, 0.3) is 0 Å². The Morgan fingerprint density at radius 3 is 2.42 bits per heavy atom. The molecule has 0 aromatic heterocycles. The summed E-state index contributed by atoms with van der Waals surface area (Å²) in [6.45, 7) is 19.5. The first-order chi connectivity index (χ1) is 14.5. The molecule has 1 heteroatoms. The smallest absolute Gasteiger partial charge is 0.0603 e. The number of aliphatic hydroxyl groups is 1. The van der Waals surface area contributed by atoms with Gasteiger partial charge in [-0.15, -0.1) is 0 Å². The zero-order valence-electron chi connectivity index (χ0n) is 21.7. The molecule has 0 bridgehead atoms. The molecule has 4 aliphatic rings. The highest BCUT2D eigenvalue weighted by Gasteiger charge is 2.59. The summed E-state index contributed by atoms with van der Waals surface area (Å²) < 4.78 is 0. The Bertz CT molecular complexity index is 731. The molecule has 0 radical (unpaired) electrons. The molecule has 0 spiro atoms. The third-order valence-corrected chi connectivity index (χ3v) is 11.5. The SMILES string of the molecule is C/C(=C\[C@@H](C)[C@H]1CC[C@@H]2[C@@H]3CC=C4[C@H](C)[C@@H](O)CC[C@]4(C)[C@H]3CC[C@@]21C)[C@H](C)C(C)C. The molecule has 4 aliphatic carbocycles. The molecule has 10 atom stereocenters. The molecule has 3 fully saturated rings. The van der Waals surface area contributed by atoms with Crippen molar-refractivity contribution in [3.8, 4) is 0 Å². The molecule has 0 aromatic carbocycles. The molecule has 1 N–H and O–H groups in total. The van der Waals surface area contributed by atoms with Crippen LogP contribution in [-0.2, 0) is 0 Å². The van der Waals surface area contributed by atoms with Gasteiger partial charge < -0.3 is 5.11 Å². The van der Waals surface area contributed by atoms with Gasteiger partial charge in [0.05, 0.1) is 6.10 Å². The summed E-state index contributed by atoms with van der Waals surface area (Å²) in [5.74, 6) is 5.92. The largest absolute Gasteiger partial charge is 0.393 e. The van der Waals surface area contributed by atoms with E-state index in [0.29, 0.717) is 28.6 Å². The lowest BCUT2D eigenvalue weighted by Gasteiger charge is -2.59. The molecule has 176 valence electrons. The van der Waals surface area contributed by atoms with Crippen molar-refractivity contribution in [3.05, 3.63) is 23.3 Å². The van der Waals surface area contributed by atoms with E-state index in [-0.39, 0.29) is 6.10 Å². The zero-order chi connectivity index (χ0) is 22.7. The summed E-state index contributed by atoms with van der Waals surface area (Å²) in [5.41, 5.74) is 4.08. The Morgan fingerprint density at radius 2 is 1.74 bits per heavy atom. The molecule has 0 saturated heterocycles. The summed E-state index contributed by atoms with van der Waals surface area (Å²) in [7, 11) is 0. The van der Waals surface area contributed by atoms with Crippen LogP contribution in [0, 0.1) is 58.2 Å². The van der Waals surface area contributed by atoms with Crippen LogP contribution in [0.3, 0.4) is 0 Å². The van der Waals surface area contributed by atoms with E-state index in [1.807, 2.05) is 0 Å². The van der Waals surface area contributed by atoms with Gasteiger partial charge in [0.15, 0.2) is 0 Å². The number of allylic oxidation sites excluding steroid dienone is 3. The van der Waals surface area contributed by atoms with Crippen molar-refractivity contribution >= 4 is 0 Å². The third kappa shape index (κ3) is 3.70. The van der Waals surface area contributed by atoms with Crippen molar-refractivity contribution in [2.75, 3.05) is 0 Å². The molecule has 1 nitrogen and oxygen atoms in total. The molecule has 3 saturated carbocycles. The van der Waals surface area contributed by atoms with Gasteiger partial charge in [0.2, 0.25) is 0 Å². The highest BCUT2D eigenvalue weighted by Crippen LogP contribution is 2.67. The number of rotatable bonds is 4. The lowest BCUT2D eigenvalue weighted by Crippen LogP contribution is -2.52. The van der Waals surface area contributed by atoms with Gasteiger partial charge in [-0.05, 0) is 104 Å². The van der Waals surface area contributed by atoms with Gasteiger partial charge in [-0.1, -0.05) is 71.8 Å². The van der Waals surface area contributed by atoms with E-state index in [1.165, 1.54) is 38.5 Å². The van der Waals surface area contributed by atoms with Gasteiger partial charge in [-0.2, -0.15) is 0 Å². The fourth-order valence-electron chi connectivity index (χ4n) is 9.17. The van der Waals surface area contributed by atoms with Crippen molar-refractivity contribution in [1.82, 2.24) is 0 Å². The predicted molar refractivity (Wildman–Crippen MR) is 133 cm³/mol. The maximum atomic E-state index is 10.5. The fraction of sp³-hybridized carbons (Fsp3) is 0.867. The zero-order valence-corrected chi connectivity index (χ0v) is 21.7. The molecule has 0 amide bonds. The summed E-state index contributed by atoms with van der Waals surface area (Å²) in [5, 5.41) is 10.5. The average molecular weight is 427 g/mol. The monoisotopic (exact) mass is 426 g/mol. The Hall–Kier alpha value is -0.560. The first-order valence-electron chi connectivity index (χ1n) is 13.6. The number of aliphatic hydroxyl groups excluding tert-OH is 1. The Kier molecular flexibility index (Phi) is 6.35. The topological polar surface area (TPSA) is 20.2 Å². The summed E-state index contributed by atoms with van der Waals surface area (Å²) in [4.78, 5) is 0. The van der Waals surface area contributed by atoms with Crippen LogP contribution >= 0.6 is 0 Å². The standard InChI is InChI=1S/C30H50O/c1-18(2)21(5)19(3)17-20(4)24-11-12-26-23-9-10-25-22(6)28(31)14-16-30(25,8)27(23)13-15-29(24,26)7/h10,17-18,20-24,26-28,31H,9,11-16H2,1-8H3/b19-17+/t20-,21-,22+,23+,24-,26-,27+,28+,29-,30+/m1/s1. The first-order valence-corrected chi connectivity index (χ1v) is 13.6. The van der Waals surface area contributed by atoms with Crippen LogP contribution in [0.1, 0.15) is 100 Å². The van der Waals surface area contributed by atoms with Crippen molar-refractivity contribution in [2.24, 2.45) is 58.2 Å². The van der Waals surface area contributed by atoms with Gasteiger partial charge in [0, 0.05) is 5.92 Å². The second-order valence-corrected chi connectivity index (χ2v) is 13.1. The molecule has 0 unspecified atom stereocenters. The number of hydrogen-bond donors (Lipinski definition) is 1. The minimum Gasteiger partial charge on any atom is -0.393 e. The van der Waals surface area contributed by atoms with Gasteiger partial charge in [0.25, 0.3) is 0 Å². The molecular formula is C30H50O. The second-order valence-electron chi connectivity index (χ2n) is 13.1. The first kappa shape index (κ1) is 23.6. The van der Waals surface area contributed by atoms with Gasteiger partial charge in [-0.25, -0.2) is 0 Å². The molecular weight excluding hydrogens is 376 g/mol. The minimum atomic E-state index is -0.121. The van der Waals surface area contributed by atoms with Crippen molar-refractivity contribution < 1.29 is 5.11 Å².